The average molecular weight is 172 g/mol. The smallest absolute Gasteiger partial charge is 0.0639 e. The third kappa shape index (κ3) is 2.73. The number of hydrogen-bond donors (Lipinski definition) is 2. The molecule has 0 aromatic heterocycles. The van der Waals surface area contributed by atoms with E-state index in [0.717, 1.165) is 26.2 Å². The summed E-state index contributed by atoms with van der Waals surface area (Å²) in [6.45, 7) is 8.08. The zero-order valence-corrected chi connectivity index (χ0v) is 8.08. The maximum Gasteiger partial charge on any atom is 0.0639 e. The maximum absolute atomic E-state index is 9.26. The third-order valence-electron chi connectivity index (χ3n) is 2.44. The fraction of sp³-hybridized carbons (Fsp3) is 1.00. The van der Waals surface area contributed by atoms with Gasteiger partial charge in [-0.1, -0.05) is 6.92 Å². The van der Waals surface area contributed by atoms with Crippen LogP contribution in [0.2, 0.25) is 0 Å². The summed E-state index contributed by atoms with van der Waals surface area (Å²) in [4.78, 5) is 2.38. The Morgan fingerprint density at radius 3 is 3.00 bits per heavy atom. The summed E-state index contributed by atoms with van der Waals surface area (Å²) in [6, 6.07) is 0.619. The van der Waals surface area contributed by atoms with E-state index in [1.54, 1.807) is 0 Å². The summed E-state index contributed by atoms with van der Waals surface area (Å²) in [7, 11) is 0. The molecule has 0 amide bonds. The van der Waals surface area contributed by atoms with Crippen LogP contribution in [0.1, 0.15) is 20.3 Å². The van der Waals surface area contributed by atoms with E-state index in [-0.39, 0.29) is 6.10 Å². The minimum Gasteiger partial charge on any atom is -0.392 e. The van der Waals surface area contributed by atoms with Crippen LogP contribution in [0.25, 0.3) is 0 Å². The highest BCUT2D eigenvalue weighted by molar-refractivity contribution is 4.79. The minimum absolute atomic E-state index is 0.197. The molecular weight excluding hydrogens is 152 g/mol. The van der Waals surface area contributed by atoms with E-state index in [1.807, 2.05) is 6.92 Å². The molecule has 1 aliphatic heterocycles. The van der Waals surface area contributed by atoms with Gasteiger partial charge in [0, 0.05) is 32.2 Å². The molecule has 1 fully saturated rings. The van der Waals surface area contributed by atoms with E-state index < -0.39 is 0 Å². The molecule has 3 heteroatoms. The van der Waals surface area contributed by atoms with Crippen molar-refractivity contribution in [3.63, 3.8) is 0 Å². The Bertz CT molecular complexity index is 128. The quantitative estimate of drug-likeness (QED) is 0.631. The van der Waals surface area contributed by atoms with Gasteiger partial charge in [0.15, 0.2) is 0 Å². The fourth-order valence-electron chi connectivity index (χ4n) is 1.79. The monoisotopic (exact) mass is 172 g/mol. The molecule has 0 spiro atoms. The largest absolute Gasteiger partial charge is 0.392 e. The van der Waals surface area contributed by atoms with Crippen LogP contribution in [0, 0.1) is 0 Å². The van der Waals surface area contributed by atoms with E-state index in [9.17, 15) is 5.11 Å². The molecule has 72 valence electrons. The maximum atomic E-state index is 9.26. The number of nitrogens with one attached hydrogen (secondary N) is 1. The molecule has 0 radical (unpaired) electrons. The molecule has 12 heavy (non-hydrogen) atoms. The summed E-state index contributed by atoms with van der Waals surface area (Å²) in [5, 5.41) is 12.6. The molecule has 0 saturated carbocycles. The number of piperazine rings is 1. The predicted molar refractivity (Wildman–Crippen MR) is 50.2 cm³/mol. The molecule has 0 bridgehead atoms. The zero-order chi connectivity index (χ0) is 8.97. The second kappa shape index (κ2) is 4.80. The highest BCUT2D eigenvalue weighted by Gasteiger charge is 2.20. The first kappa shape index (κ1) is 9.96. The van der Waals surface area contributed by atoms with Gasteiger partial charge < -0.3 is 10.4 Å². The van der Waals surface area contributed by atoms with Crippen molar-refractivity contribution in [2.24, 2.45) is 0 Å². The van der Waals surface area contributed by atoms with E-state index in [4.69, 9.17) is 0 Å². The zero-order valence-electron chi connectivity index (χ0n) is 8.08. The Kier molecular flexibility index (Phi) is 3.98. The van der Waals surface area contributed by atoms with Gasteiger partial charge in [-0.05, 0) is 13.3 Å². The van der Waals surface area contributed by atoms with Crippen molar-refractivity contribution in [2.45, 2.75) is 32.4 Å². The topological polar surface area (TPSA) is 35.5 Å². The lowest BCUT2D eigenvalue weighted by Gasteiger charge is -2.36. The number of nitrogens with zero attached hydrogens (tertiary/aromatic N) is 1. The summed E-state index contributed by atoms with van der Waals surface area (Å²) >= 11 is 0. The third-order valence-corrected chi connectivity index (χ3v) is 2.44. The van der Waals surface area contributed by atoms with Crippen molar-refractivity contribution in [1.29, 1.82) is 0 Å². The van der Waals surface area contributed by atoms with Crippen LogP contribution in [-0.2, 0) is 0 Å². The van der Waals surface area contributed by atoms with Crippen LogP contribution in [0.3, 0.4) is 0 Å². The number of rotatable bonds is 3. The molecule has 1 saturated heterocycles. The number of β-amino-alcohol motifs (C(OH)–C–C–N with tert-alkyl or cyclic N) is 1. The first-order valence-electron chi connectivity index (χ1n) is 4.87. The van der Waals surface area contributed by atoms with E-state index in [0.29, 0.717) is 6.04 Å². The molecule has 1 heterocycles. The Hall–Kier alpha value is -0.120. The highest BCUT2D eigenvalue weighted by Crippen LogP contribution is 2.07. The summed E-state index contributed by atoms with van der Waals surface area (Å²) in [5.74, 6) is 0. The fourth-order valence-corrected chi connectivity index (χ4v) is 1.79. The van der Waals surface area contributed by atoms with Gasteiger partial charge in [0.1, 0.15) is 0 Å². The van der Waals surface area contributed by atoms with Crippen molar-refractivity contribution in [1.82, 2.24) is 10.2 Å². The molecule has 1 rings (SSSR count). The molecule has 3 nitrogen and oxygen atoms in total. The number of aliphatic hydroxyl groups is 1. The van der Waals surface area contributed by atoms with Gasteiger partial charge in [0.2, 0.25) is 0 Å². The van der Waals surface area contributed by atoms with Crippen LogP contribution in [0.5, 0.6) is 0 Å². The van der Waals surface area contributed by atoms with Gasteiger partial charge in [0.25, 0.3) is 0 Å². The molecular formula is C9H20N2O. The Labute approximate surface area is 74.8 Å². The lowest BCUT2D eigenvalue weighted by atomic mass is 10.1. The van der Waals surface area contributed by atoms with Crippen LogP contribution in [-0.4, -0.2) is 48.3 Å². The highest BCUT2D eigenvalue weighted by atomic mass is 16.3. The van der Waals surface area contributed by atoms with Gasteiger partial charge in [-0.15, -0.1) is 0 Å². The molecule has 2 atom stereocenters. The van der Waals surface area contributed by atoms with E-state index in [2.05, 4.69) is 17.1 Å². The van der Waals surface area contributed by atoms with Gasteiger partial charge >= 0.3 is 0 Å². The van der Waals surface area contributed by atoms with Crippen LogP contribution in [0.4, 0.5) is 0 Å². The van der Waals surface area contributed by atoms with Crippen molar-refractivity contribution in [3.05, 3.63) is 0 Å². The molecule has 0 unspecified atom stereocenters. The minimum atomic E-state index is -0.197. The SMILES string of the molecule is CC[C@H]1CNCCN1C[C@H](C)O. The molecule has 2 N–H and O–H groups in total. The standard InChI is InChI=1S/C9H20N2O/c1-3-9-6-10-4-5-11(9)7-8(2)12/h8-10,12H,3-7H2,1-2H3/t8-,9-/m0/s1. The van der Waals surface area contributed by atoms with Gasteiger partial charge in [-0.2, -0.15) is 0 Å². The van der Waals surface area contributed by atoms with Crippen molar-refractivity contribution in [3.8, 4) is 0 Å². The summed E-state index contributed by atoms with van der Waals surface area (Å²) in [5.41, 5.74) is 0. The molecule has 1 aliphatic rings. The van der Waals surface area contributed by atoms with Crippen LogP contribution < -0.4 is 5.32 Å². The lowest BCUT2D eigenvalue weighted by Crippen LogP contribution is -2.52. The molecule has 0 aromatic rings. The Morgan fingerprint density at radius 2 is 2.42 bits per heavy atom. The number of hydrogen-bond acceptors (Lipinski definition) is 3. The lowest BCUT2D eigenvalue weighted by molar-refractivity contribution is 0.0819. The second-order valence-electron chi connectivity index (χ2n) is 3.61. The van der Waals surface area contributed by atoms with Crippen LogP contribution >= 0.6 is 0 Å². The van der Waals surface area contributed by atoms with Crippen LogP contribution in [0.15, 0.2) is 0 Å². The van der Waals surface area contributed by atoms with Crippen molar-refractivity contribution < 1.29 is 5.11 Å². The van der Waals surface area contributed by atoms with E-state index >= 15 is 0 Å². The Morgan fingerprint density at radius 1 is 1.67 bits per heavy atom. The van der Waals surface area contributed by atoms with Gasteiger partial charge in [-0.25, -0.2) is 0 Å². The van der Waals surface area contributed by atoms with Crippen molar-refractivity contribution >= 4 is 0 Å². The van der Waals surface area contributed by atoms with Gasteiger partial charge in [0.05, 0.1) is 6.10 Å². The van der Waals surface area contributed by atoms with Crippen molar-refractivity contribution in [2.75, 3.05) is 26.2 Å². The predicted octanol–water partition coefficient (Wildman–Crippen LogP) is 0.0510. The summed E-state index contributed by atoms with van der Waals surface area (Å²) in [6.07, 6.45) is 0.969. The van der Waals surface area contributed by atoms with Gasteiger partial charge in [-0.3, -0.25) is 4.90 Å². The molecule has 0 aliphatic carbocycles. The second-order valence-corrected chi connectivity index (χ2v) is 3.61. The first-order valence-corrected chi connectivity index (χ1v) is 4.87. The average Bonchev–Trinajstić information content (AvgIpc) is 2.04. The molecule has 0 aromatic carbocycles. The van der Waals surface area contributed by atoms with E-state index in [1.165, 1.54) is 6.42 Å². The Balaban J connectivity index is 2.36. The normalized spacial score (nSPS) is 28.8. The first-order chi connectivity index (χ1) is 5.74. The number of aliphatic hydroxyl groups excluding tert-OH is 1. The summed E-state index contributed by atoms with van der Waals surface area (Å²) < 4.78 is 0.